The van der Waals surface area contributed by atoms with Crippen LogP contribution in [0.2, 0.25) is 0 Å². The van der Waals surface area contributed by atoms with Crippen LogP contribution in [0.15, 0.2) is 170 Å². The highest BCUT2D eigenvalue weighted by molar-refractivity contribution is 5.71. The van der Waals surface area contributed by atoms with E-state index in [-0.39, 0.29) is 31.1 Å². The lowest BCUT2D eigenvalue weighted by atomic mass is 10.1. The van der Waals surface area contributed by atoms with Crippen LogP contribution in [0.1, 0.15) is 258 Å². The van der Waals surface area contributed by atoms with E-state index in [9.17, 15) is 14.4 Å². The second-order valence-corrected chi connectivity index (χ2v) is 20.6. The number of ether oxygens (including phenoxy) is 3. The van der Waals surface area contributed by atoms with Crippen molar-refractivity contribution >= 4 is 17.9 Å². The molecule has 1 atom stereocenters. The fourth-order valence-electron chi connectivity index (χ4n) is 8.23. The molecule has 0 saturated carbocycles. The zero-order valence-electron chi connectivity index (χ0n) is 51.3. The van der Waals surface area contributed by atoms with Gasteiger partial charge in [0.05, 0.1) is 0 Å². The molecule has 0 amide bonds. The fraction of sp³-hybridized carbons (Fsp3) is 0.581. The minimum atomic E-state index is -0.808. The Balaban J connectivity index is 4.34. The highest BCUT2D eigenvalue weighted by atomic mass is 16.6. The standard InChI is InChI=1S/C74H116O6/c1-4-7-10-13-16-19-21-23-25-27-29-31-33-35-37-39-41-43-45-47-49-51-53-55-58-61-64-67-73(76)79-70-71(69-78-72(75)66-63-60-57-18-15-12-9-6-3)80-74(77)68-65-62-59-56-54-52-50-48-46-44-42-40-38-36-34-32-30-28-26-24-22-20-17-14-11-8-5-2/h7-8,10-11,16-17,19-20,23-26,29-32,35-38,41-44,47,49,53,55,71H,4-6,9,12-15,18,21-22,27-28,33-34,39-40,45-46,48,50-52,54,56-70H2,1-3H3/b10-7-,11-8-,19-16-,20-17-,25-23-,26-24-,31-29-,32-30-,37-35-,38-36-,43-41-,44-42-,49-47-,55-53-. The molecule has 0 N–H and O–H groups in total. The second kappa shape index (κ2) is 66.3. The van der Waals surface area contributed by atoms with Crippen LogP contribution in [-0.4, -0.2) is 37.2 Å². The van der Waals surface area contributed by atoms with Gasteiger partial charge in [0.2, 0.25) is 0 Å². The van der Waals surface area contributed by atoms with Crippen LogP contribution in [0.5, 0.6) is 0 Å². The maximum Gasteiger partial charge on any atom is 0.306 e. The molecule has 0 radical (unpaired) electrons. The van der Waals surface area contributed by atoms with Gasteiger partial charge in [0.15, 0.2) is 6.10 Å². The monoisotopic (exact) mass is 1100 g/mol. The van der Waals surface area contributed by atoms with E-state index in [1.807, 2.05) is 0 Å². The zero-order chi connectivity index (χ0) is 57.8. The van der Waals surface area contributed by atoms with Crippen LogP contribution in [0, 0.1) is 0 Å². The Hall–Kier alpha value is -5.23. The predicted molar refractivity (Wildman–Crippen MR) is 348 cm³/mol. The lowest BCUT2D eigenvalue weighted by Crippen LogP contribution is -2.30. The van der Waals surface area contributed by atoms with Gasteiger partial charge in [-0.3, -0.25) is 14.4 Å². The SMILES string of the molecule is CC/C=C\C/C=C\C/C=C\C/C=C\C/C=C\C/C=C\C/C=C\C/C=C\CCCCC(=O)OCC(COC(=O)CCCCCCCCCC)OC(=O)CCCCCCCCCC/C=C\C/C=C\C/C=C\C/C=C\C/C=C\C/C=C\CC. The van der Waals surface area contributed by atoms with Crippen molar-refractivity contribution in [2.24, 2.45) is 0 Å². The summed E-state index contributed by atoms with van der Waals surface area (Å²) in [6.45, 7) is 6.33. The highest BCUT2D eigenvalue weighted by Crippen LogP contribution is 2.14. The van der Waals surface area contributed by atoms with Crippen molar-refractivity contribution in [3.63, 3.8) is 0 Å². The van der Waals surface area contributed by atoms with Gasteiger partial charge in [0.25, 0.3) is 0 Å². The first-order chi connectivity index (χ1) is 39.5. The van der Waals surface area contributed by atoms with E-state index in [1.54, 1.807) is 0 Å². The molecule has 0 bridgehead atoms. The minimum absolute atomic E-state index is 0.102. The van der Waals surface area contributed by atoms with Crippen molar-refractivity contribution in [3.05, 3.63) is 170 Å². The van der Waals surface area contributed by atoms with Crippen molar-refractivity contribution < 1.29 is 28.6 Å². The van der Waals surface area contributed by atoms with Crippen LogP contribution in [0.4, 0.5) is 0 Å². The van der Waals surface area contributed by atoms with E-state index < -0.39 is 6.10 Å². The van der Waals surface area contributed by atoms with Crippen LogP contribution in [0.25, 0.3) is 0 Å². The van der Waals surface area contributed by atoms with E-state index in [0.717, 1.165) is 148 Å². The third kappa shape index (κ3) is 63.6. The summed E-state index contributed by atoms with van der Waals surface area (Å²) in [7, 11) is 0. The lowest BCUT2D eigenvalue weighted by molar-refractivity contribution is -0.167. The number of rotatable bonds is 56. The van der Waals surface area contributed by atoms with Gasteiger partial charge >= 0.3 is 17.9 Å². The Kier molecular flexibility index (Phi) is 61.9. The number of esters is 3. The van der Waals surface area contributed by atoms with Crippen molar-refractivity contribution in [1.29, 1.82) is 0 Å². The molecule has 0 aliphatic rings. The van der Waals surface area contributed by atoms with E-state index in [2.05, 4.69) is 191 Å². The van der Waals surface area contributed by atoms with E-state index in [0.29, 0.717) is 25.7 Å². The van der Waals surface area contributed by atoms with Crippen molar-refractivity contribution in [2.75, 3.05) is 13.2 Å². The van der Waals surface area contributed by atoms with Gasteiger partial charge < -0.3 is 14.2 Å². The molecule has 0 rings (SSSR count). The normalized spacial score (nSPS) is 13.3. The molecule has 0 heterocycles. The van der Waals surface area contributed by atoms with E-state index in [1.165, 1.54) is 64.2 Å². The molecule has 0 aromatic heterocycles. The lowest BCUT2D eigenvalue weighted by Gasteiger charge is -2.18. The maximum absolute atomic E-state index is 12.9. The Bertz CT molecular complexity index is 1840. The molecule has 6 heteroatoms. The molecule has 448 valence electrons. The summed E-state index contributed by atoms with van der Waals surface area (Å²) >= 11 is 0. The quantitative estimate of drug-likeness (QED) is 0.0261. The molecule has 80 heavy (non-hydrogen) atoms. The molecule has 0 fully saturated rings. The number of carbonyl (C=O) groups excluding carboxylic acids is 3. The molecule has 0 aromatic carbocycles. The molecular weight excluding hydrogens is 985 g/mol. The van der Waals surface area contributed by atoms with E-state index in [4.69, 9.17) is 14.2 Å². The number of hydrogen-bond donors (Lipinski definition) is 0. The van der Waals surface area contributed by atoms with Gasteiger partial charge in [-0.05, 0) is 135 Å². The molecule has 0 aliphatic carbocycles. The summed E-state index contributed by atoms with van der Waals surface area (Å²) in [5, 5.41) is 0. The van der Waals surface area contributed by atoms with Crippen molar-refractivity contribution in [1.82, 2.24) is 0 Å². The average molecular weight is 1100 g/mol. The van der Waals surface area contributed by atoms with Gasteiger partial charge in [0, 0.05) is 19.3 Å². The van der Waals surface area contributed by atoms with Crippen molar-refractivity contribution in [3.8, 4) is 0 Å². The Morgan fingerprint density at radius 2 is 0.487 bits per heavy atom. The molecule has 1 unspecified atom stereocenters. The van der Waals surface area contributed by atoms with Gasteiger partial charge in [0.1, 0.15) is 13.2 Å². The summed E-state index contributed by atoms with van der Waals surface area (Å²) in [6.07, 6.45) is 98.0. The summed E-state index contributed by atoms with van der Waals surface area (Å²) in [5.41, 5.74) is 0. The fourth-order valence-corrected chi connectivity index (χ4v) is 8.23. The van der Waals surface area contributed by atoms with Crippen LogP contribution >= 0.6 is 0 Å². The third-order valence-corrected chi connectivity index (χ3v) is 13.0. The van der Waals surface area contributed by atoms with Crippen LogP contribution in [-0.2, 0) is 28.6 Å². The maximum atomic E-state index is 12.9. The Labute approximate surface area is 492 Å². The largest absolute Gasteiger partial charge is 0.462 e. The summed E-state index contributed by atoms with van der Waals surface area (Å²) in [5.74, 6) is -0.966. The second-order valence-electron chi connectivity index (χ2n) is 20.6. The number of carbonyl (C=O) groups is 3. The highest BCUT2D eigenvalue weighted by Gasteiger charge is 2.19. The molecule has 0 saturated heterocycles. The number of hydrogen-bond acceptors (Lipinski definition) is 6. The molecule has 0 aliphatic heterocycles. The van der Waals surface area contributed by atoms with Gasteiger partial charge in [-0.25, -0.2) is 0 Å². The molecule has 0 aromatic rings. The Morgan fingerprint density at radius 3 is 0.787 bits per heavy atom. The zero-order valence-corrected chi connectivity index (χ0v) is 51.3. The first-order valence-electron chi connectivity index (χ1n) is 32.1. The first kappa shape index (κ1) is 74.8. The molecule has 6 nitrogen and oxygen atoms in total. The first-order valence-corrected chi connectivity index (χ1v) is 32.1. The number of unbranched alkanes of at least 4 members (excludes halogenated alkanes) is 17. The minimum Gasteiger partial charge on any atom is -0.462 e. The van der Waals surface area contributed by atoms with Crippen LogP contribution < -0.4 is 0 Å². The van der Waals surface area contributed by atoms with Gasteiger partial charge in [-0.2, -0.15) is 0 Å². The Morgan fingerprint density at radius 1 is 0.263 bits per heavy atom. The average Bonchev–Trinajstić information content (AvgIpc) is 3.46. The van der Waals surface area contributed by atoms with Gasteiger partial charge in [-0.1, -0.05) is 274 Å². The smallest absolute Gasteiger partial charge is 0.306 e. The number of allylic oxidation sites excluding steroid dienone is 28. The van der Waals surface area contributed by atoms with Crippen LogP contribution in [0.3, 0.4) is 0 Å². The van der Waals surface area contributed by atoms with Crippen molar-refractivity contribution in [2.45, 2.75) is 264 Å². The summed E-state index contributed by atoms with van der Waals surface area (Å²) in [4.78, 5) is 38.2. The van der Waals surface area contributed by atoms with Gasteiger partial charge in [-0.15, -0.1) is 0 Å². The molecule has 0 spiro atoms. The third-order valence-electron chi connectivity index (χ3n) is 13.0. The summed E-state index contributed by atoms with van der Waals surface area (Å²) < 4.78 is 16.8. The van der Waals surface area contributed by atoms with E-state index >= 15 is 0 Å². The summed E-state index contributed by atoms with van der Waals surface area (Å²) in [6, 6.07) is 0. The topological polar surface area (TPSA) is 78.9 Å². The predicted octanol–water partition coefficient (Wildman–Crippen LogP) is 22.3. The molecular formula is C74H116O6.